The van der Waals surface area contributed by atoms with Gasteiger partial charge in [-0.2, -0.15) is 0 Å². The number of aromatic nitrogens is 2. The first kappa shape index (κ1) is 22.5. The zero-order valence-electron chi connectivity index (χ0n) is 17.4. The highest BCUT2D eigenvalue weighted by Crippen LogP contribution is 2.31. The van der Waals surface area contributed by atoms with Gasteiger partial charge in [-0.05, 0) is 42.4 Å². The van der Waals surface area contributed by atoms with Crippen LogP contribution >= 0.6 is 11.8 Å². The Morgan fingerprint density at radius 1 is 1.23 bits per heavy atom. The van der Waals surface area contributed by atoms with Gasteiger partial charge in [-0.15, -0.1) is 0 Å². The number of anilines is 1. The molecule has 31 heavy (non-hydrogen) atoms. The van der Waals surface area contributed by atoms with Gasteiger partial charge in [0.1, 0.15) is 11.6 Å². The summed E-state index contributed by atoms with van der Waals surface area (Å²) in [5.74, 6) is 0.846. The average Bonchev–Trinajstić information content (AvgIpc) is 2.77. The van der Waals surface area contributed by atoms with Crippen molar-refractivity contribution in [1.82, 2.24) is 14.9 Å². The van der Waals surface area contributed by atoms with Crippen molar-refractivity contribution in [1.29, 1.82) is 0 Å². The Morgan fingerprint density at radius 2 is 1.97 bits per heavy atom. The van der Waals surface area contributed by atoms with E-state index in [1.165, 1.54) is 4.90 Å². The van der Waals surface area contributed by atoms with E-state index in [1.54, 1.807) is 26.1 Å². The van der Waals surface area contributed by atoms with Crippen LogP contribution in [0.2, 0.25) is 0 Å². The molecule has 0 spiro atoms. The lowest BCUT2D eigenvalue weighted by atomic mass is 10.1. The zero-order chi connectivity index (χ0) is 22.4. The predicted molar refractivity (Wildman–Crippen MR) is 123 cm³/mol. The van der Waals surface area contributed by atoms with Gasteiger partial charge in [-0.1, -0.05) is 36.4 Å². The molecule has 0 bridgehead atoms. The van der Waals surface area contributed by atoms with Crippen molar-refractivity contribution in [2.45, 2.75) is 26.8 Å². The van der Waals surface area contributed by atoms with Gasteiger partial charge in [-0.3, -0.25) is 9.59 Å². The summed E-state index contributed by atoms with van der Waals surface area (Å²) in [5, 5.41) is 11.2. The number of hydrogen-bond donors (Lipinski definition) is 2. The molecule has 0 unspecified atom stereocenters. The number of aryl methyl sites for hydroxylation is 1. The molecule has 3 N–H and O–H groups in total. The quantitative estimate of drug-likeness (QED) is 0.519. The highest BCUT2D eigenvalue weighted by Gasteiger charge is 2.18. The third kappa shape index (κ3) is 5.28. The number of aliphatic hydroxyl groups excluding tert-OH is 1. The van der Waals surface area contributed by atoms with Gasteiger partial charge in [0.2, 0.25) is 11.5 Å². The fraction of sp³-hybridized carbons (Fsp3) is 0.217. The molecule has 2 aromatic carbocycles. The zero-order valence-corrected chi connectivity index (χ0v) is 18.2. The maximum absolute atomic E-state index is 13.1. The monoisotopic (exact) mass is 436 g/mol. The molecule has 0 atom stereocenters. The molecule has 0 aliphatic heterocycles. The fourth-order valence-electron chi connectivity index (χ4n) is 3.19. The Labute approximate surface area is 185 Å². The standard InChI is InChI=1S/C23H24N4O3S/c1-15(27(14-29)13-18-12-25-16(2)26-22(18)24)21(10-11-28)31-23(30)20-9-5-7-17-6-3-4-8-19(17)20/h3-9,12,14,28H,10-11,13H2,1-2H3,(H2,24,25,26). The van der Waals surface area contributed by atoms with Gasteiger partial charge in [0.05, 0.1) is 6.54 Å². The van der Waals surface area contributed by atoms with Crippen LogP contribution in [0.15, 0.2) is 59.3 Å². The molecule has 0 aliphatic carbocycles. The van der Waals surface area contributed by atoms with Gasteiger partial charge in [0.15, 0.2) is 0 Å². The number of amides is 1. The van der Waals surface area contributed by atoms with E-state index in [9.17, 15) is 14.7 Å². The molecule has 0 radical (unpaired) electrons. The number of hydrogen-bond acceptors (Lipinski definition) is 7. The molecule has 1 amide bonds. The van der Waals surface area contributed by atoms with Gasteiger partial charge in [0.25, 0.3) is 0 Å². The Hall–Kier alpha value is -3.23. The molecule has 8 heteroatoms. The summed E-state index contributed by atoms with van der Waals surface area (Å²) in [6.45, 7) is 3.50. The summed E-state index contributed by atoms with van der Waals surface area (Å²) in [5.41, 5.74) is 7.72. The van der Waals surface area contributed by atoms with E-state index in [2.05, 4.69) is 9.97 Å². The average molecular weight is 437 g/mol. The molecule has 0 saturated carbocycles. The minimum Gasteiger partial charge on any atom is -0.396 e. The molecule has 1 heterocycles. The van der Waals surface area contributed by atoms with Gasteiger partial charge in [-0.25, -0.2) is 9.97 Å². The van der Waals surface area contributed by atoms with Crippen LogP contribution in [0.25, 0.3) is 10.8 Å². The lowest BCUT2D eigenvalue weighted by molar-refractivity contribution is -0.116. The van der Waals surface area contributed by atoms with Gasteiger partial charge < -0.3 is 15.7 Å². The summed E-state index contributed by atoms with van der Waals surface area (Å²) in [4.78, 5) is 35.2. The largest absolute Gasteiger partial charge is 0.396 e. The molecule has 1 aromatic heterocycles. The van der Waals surface area contributed by atoms with E-state index in [0.717, 1.165) is 22.5 Å². The van der Waals surface area contributed by atoms with Crippen LogP contribution in [0.3, 0.4) is 0 Å². The third-order valence-corrected chi connectivity index (χ3v) is 6.04. The van der Waals surface area contributed by atoms with E-state index in [4.69, 9.17) is 5.73 Å². The lowest BCUT2D eigenvalue weighted by Gasteiger charge is -2.22. The van der Waals surface area contributed by atoms with Crippen molar-refractivity contribution >= 4 is 39.9 Å². The normalized spacial score (nSPS) is 11.8. The molecule has 3 aromatic rings. The second kappa shape index (κ2) is 10.2. The minimum atomic E-state index is -0.149. The number of carbonyl (C=O) groups is 2. The highest BCUT2D eigenvalue weighted by molar-refractivity contribution is 8.17. The Kier molecular flexibility index (Phi) is 7.38. The fourth-order valence-corrected chi connectivity index (χ4v) is 4.16. The molecule has 0 fully saturated rings. The maximum Gasteiger partial charge on any atom is 0.224 e. The summed E-state index contributed by atoms with van der Waals surface area (Å²) in [6, 6.07) is 13.3. The van der Waals surface area contributed by atoms with Gasteiger partial charge in [0, 0.05) is 41.0 Å². The van der Waals surface area contributed by atoms with E-state index in [1.807, 2.05) is 36.4 Å². The number of nitrogens with two attached hydrogens (primary N) is 1. The molecule has 160 valence electrons. The molecule has 7 nitrogen and oxygen atoms in total. The van der Waals surface area contributed by atoms with Crippen molar-refractivity contribution in [3.05, 3.63) is 76.2 Å². The van der Waals surface area contributed by atoms with Crippen LogP contribution in [-0.4, -0.2) is 38.1 Å². The van der Waals surface area contributed by atoms with Crippen LogP contribution in [0.4, 0.5) is 5.82 Å². The van der Waals surface area contributed by atoms with Crippen LogP contribution in [0.5, 0.6) is 0 Å². The van der Waals surface area contributed by atoms with Crippen LogP contribution < -0.4 is 5.73 Å². The summed E-state index contributed by atoms with van der Waals surface area (Å²) in [7, 11) is 0. The number of nitrogen functional groups attached to an aromatic ring is 1. The lowest BCUT2D eigenvalue weighted by Crippen LogP contribution is -2.22. The Bertz CT molecular complexity index is 1140. The SMILES string of the molecule is CC(=C(CCO)SC(=O)c1cccc2ccccc12)N(C=O)Cc1cnc(C)nc1N. The molecular formula is C23H24N4O3S. The smallest absolute Gasteiger partial charge is 0.224 e. The van der Waals surface area contributed by atoms with Gasteiger partial charge >= 0.3 is 0 Å². The van der Waals surface area contributed by atoms with Crippen molar-refractivity contribution < 1.29 is 14.7 Å². The molecule has 0 aliphatic rings. The molecule has 3 rings (SSSR count). The number of benzene rings is 2. The number of nitrogens with zero attached hydrogens (tertiary/aromatic N) is 3. The number of carbonyl (C=O) groups excluding carboxylic acids is 2. The summed E-state index contributed by atoms with van der Waals surface area (Å²) in [6.07, 6.45) is 2.51. The predicted octanol–water partition coefficient (Wildman–Crippen LogP) is 3.67. The molecular weight excluding hydrogens is 412 g/mol. The van der Waals surface area contributed by atoms with E-state index >= 15 is 0 Å². The number of fused-ring (bicyclic) bond motifs is 1. The number of aliphatic hydroxyl groups is 1. The van der Waals surface area contributed by atoms with Crippen molar-refractivity contribution in [3.63, 3.8) is 0 Å². The van der Waals surface area contributed by atoms with E-state index in [-0.39, 0.29) is 24.7 Å². The number of thioether (sulfide) groups is 1. The third-order valence-electron chi connectivity index (χ3n) is 4.89. The first-order valence-corrected chi connectivity index (χ1v) is 10.6. The maximum atomic E-state index is 13.1. The number of rotatable bonds is 8. The Morgan fingerprint density at radius 3 is 2.68 bits per heavy atom. The summed E-state index contributed by atoms with van der Waals surface area (Å²) < 4.78 is 0. The van der Waals surface area contributed by atoms with Crippen LogP contribution in [0.1, 0.15) is 35.1 Å². The second-order valence-electron chi connectivity index (χ2n) is 6.96. The highest BCUT2D eigenvalue weighted by atomic mass is 32.2. The first-order valence-electron chi connectivity index (χ1n) is 9.75. The minimum absolute atomic E-state index is 0.148. The molecule has 0 saturated heterocycles. The topological polar surface area (TPSA) is 109 Å². The van der Waals surface area contributed by atoms with Crippen molar-refractivity contribution in [3.8, 4) is 0 Å². The second-order valence-corrected chi connectivity index (χ2v) is 8.03. The van der Waals surface area contributed by atoms with E-state index in [0.29, 0.717) is 39.8 Å². The van der Waals surface area contributed by atoms with Crippen molar-refractivity contribution in [2.75, 3.05) is 12.3 Å². The Balaban J connectivity index is 1.90. The van der Waals surface area contributed by atoms with Crippen LogP contribution in [-0.2, 0) is 11.3 Å². The van der Waals surface area contributed by atoms with E-state index < -0.39 is 0 Å². The van der Waals surface area contributed by atoms with Crippen LogP contribution in [0, 0.1) is 6.92 Å². The number of allylic oxidation sites excluding steroid dienone is 1. The first-order chi connectivity index (χ1) is 14.9. The summed E-state index contributed by atoms with van der Waals surface area (Å²) >= 11 is 1.02. The van der Waals surface area contributed by atoms with Crippen molar-refractivity contribution in [2.24, 2.45) is 0 Å².